The maximum atomic E-state index is 12.2. The molecule has 0 aliphatic heterocycles. The van der Waals surface area contributed by atoms with Gasteiger partial charge in [-0.05, 0) is 53.9 Å². The van der Waals surface area contributed by atoms with Crippen LogP contribution in [0.15, 0.2) is 83.9 Å². The molecule has 0 radical (unpaired) electrons. The summed E-state index contributed by atoms with van der Waals surface area (Å²) in [6.07, 6.45) is 9.30. The summed E-state index contributed by atoms with van der Waals surface area (Å²) in [5.74, 6) is 0.0111. The highest BCUT2D eigenvalue weighted by Crippen LogP contribution is 2.35. The summed E-state index contributed by atoms with van der Waals surface area (Å²) in [5.41, 5.74) is 8.52. The summed E-state index contributed by atoms with van der Waals surface area (Å²) in [6.45, 7) is 2.07. The van der Waals surface area contributed by atoms with Gasteiger partial charge < -0.3 is 14.7 Å². The first-order chi connectivity index (χ1) is 17.7. The average Bonchev–Trinajstić information content (AvgIpc) is 3.66. The molecule has 3 N–H and O–H groups in total. The van der Waals surface area contributed by atoms with E-state index in [4.69, 9.17) is 4.42 Å². The molecule has 0 aliphatic carbocycles. The number of anilines is 1. The van der Waals surface area contributed by atoms with Crippen LogP contribution in [0.1, 0.15) is 26.2 Å². The number of rotatable bonds is 7. The number of hydrogen-bond acceptors (Lipinski definition) is 4. The first kappa shape index (κ1) is 21.9. The minimum atomic E-state index is 0.0111. The predicted octanol–water partition coefficient (Wildman–Crippen LogP) is 7.16. The number of carbonyl (C=O) groups is 1. The van der Waals surface area contributed by atoms with Crippen molar-refractivity contribution in [3.05, 3.63) is 79.5 Å². The van der Waals surface area contributed by atoms with Crippen molar-refractivity contribution in [1.82, 2.24) is 20.2 Å². The normalized spacial score (nSPS) is 11.4. The van der Waals surface area contributed by atoms with Crippen LogP contribution in [0.5, 0.6) is 0 Å². The molecular weight excluding hydrogens is 450 g/mol. The molecule has 4 aromatic heterocycles. The summed E-state index contributed by atoms with van der Waals surface area (Å²) < 4.78 is 5.30. The second kappa shape index (κ2) is 9.19. The fraction of sp³-hybridized carbons (Fsp3) is 0.138. The molecule has 6 aromatic rings. The lowest BCUT2D eigenvalue weighted by molar-refractivity contribution is -0.116. The molecule has 4 heterocycles. The molecule has 7 nitrogen and oxygen atoms in total. The Balaban J connectivity index is 1.37. The summed E-state index contributed by atoms with van der Waals surface area (Å²) in [5, 5.41) is 12.8. The molecular formula is C29H25N5O2. The van der Waals surface area contributed by atoms with E-state index in [1.165, 1.54) is 0 Å². The van der Waals surface area contributed by atoms with Crippen molar-refractivity contribution in [2.75, 3.05) is 5.32 Å². The van der Waals surface area contributed by atoms with E-state index in [9.17, 15) is 4.79 Å². The number of carbonyl (C=O) groups excluding carboxylic acids is 1. The lowest BCUT2D eigenvalue weighted by atomic mass is 10.0. The predicted molar refractivity (Wildman–Crippen MR) is 142 cm³/mol. The van der Waals surface area contributed by atoms with Gasteiger partial charge in [-0.1, -0.05) is 31.5 Å². The highest BCUT2D eigenvalue weighted by Gasteiger charge is 2.15. The SMILES string of the molecule is CCCCC(=O)Nc1cncc(-c2ccc3[nH]nc(-c4cc5c(-c6ccoc6)cccc5[nH]4)c3c2)c1. The van der Waals surface area contributed by atoms with Crippen LogP contribution in [0.3, 0.4) is 0 Å². The third-order valence-electron chi connectivity index (χ3n) is 6.43. The Kier molecular flexibility index (Phi) is 5.58. The van der Waals surface area contributed by atoms with Crippen molar-refractivity contribution < 1.29 is 9.21 Å². The standard InChI is InChI=1S/C29H25N5O2/c1-2-3-7-28(35)31-21-12-20(15-30-16-21)18-8-9-26-24(13-18)29(34-33-26)27-14-23-22(19-10-11-36-17-19)5-4-6-25(23)32-27/h4-6,8-17,32H,2-3,7H2,1H3,(H,31,35)(H,33,34). The van der Waals surface area contributed by atoms with Crippen LogP contribution in [0.4, 0.5) is 5.69 Å². The fourth-order valence-electron chi connectivity index (χ4n) is 4.58. The number of fused-ring (bicyclic) bond motifs is 2. The fourth-order valence-corrected chi connectivity index (χ4v) is 4.58. The van der Waals surface area contributed by atoms with Crippen molar-refractivity contribution in [1.29, 1.82) is 0 Å². The zero-order valence-corrected chi connectivity index (χ0v) is 19.8. The number of amides is 1. The van der Waals surface area contributed by atoms with Crippen LogP contribution in [0, 0.1) is 0 Å². The quantitative estimate of drug-likeness (QED) is 0.228. The largest absolute Gasteiger partial charge is 0.472 e. The Hall–Kier alpha value is -4.65. The van der Waals surface area contributed by atoms with Gasteiger partial charge in [0.15, 0.2) is 0 Å². The third kappa shape index (κ3) is 4.05. The van der Waals surface area contributed by atoms with Crippen molar-refractivity contribution in [2.24, 2.45) is 0 Å². The number of nitrogens with one attached hydrogen (secondary N) is 3. The Morgan fingerprint density at radius 3 is 2.78 bits per heavy atom. The smallest absolute Gasteiger partial charge is 0.224 e. The van der Waals surface area contributed by atoms with Gasteiger partial charge in [0, 0.05) is 40.0 Å². The number of furan rings is 1. The number of aromatic nitrogens is 4. The van der Waals surface area contributed by atoms with Gasteiger partial charge in [-0.25, -0.2) is 0 Å². The van der Waals surface area contributed by atoms with E-state index in [1.54, 1.807) is 18.7 Å². The first-order valence-electron chi connectivity index (χ1n) is 12.1. The van der Waals surface area contributed by atoms with E-state index in [0.29, 0.717) is 12.1 Å². The Labute approximate surface area is 207 Å². The number of pyridine rings is 1. The van der Waals surface area contributed by atoms with Gasteiger partial charge in [0.1, 0.15) is 5.69 Å². The van der Waals surface area contributed by atoms with Crippen LogP contribution in [-0.2, 0) is 4.79 Å². The lowest BCUT2D eigenvalue weighted by Gasteiger charge is -2.07. The van der Waals surface area contributed by atoms with E-state index in [-0.39, 0.29) is 5.91 Å². The van der Waals surface area contributed by atoms with Crippen molar-refractivity contribution in [3.63, 3.8) is 0 Å². The molecule has 0 bridgehead atoms. The zero-order valence-electron chi connectivity index (χ0n) is 19.8. The number of H-pyrrole nitrogens is 2. The highest BCUT2D eigenvalue weighted by atomic mass is 16.3. The minimum Gasteiger partial charge on any atom is -0.472 e. The number of aromatic amines is 2. The van der Waals surface area contributed by atoms with E-state index < -0.39 is 0 Å². The molecule has 0 saturated heterocycles. The summed E-state index contributed by atoms with van der Waals surface area (Å²) in [7, 11) is 0. The zero-order chi connectivity index (χ0) is 24.5. The molecule has 7 heteroatoms. The highest BCUT2D eigenvalue weighted by molar-refractivity contribution is 6.02. The molecule has 1 amide bonds. The Bertz CT molecular complexity index is 1680. The molecule has 0 spiro atoms. The maximum absolute atomic E-state index is 12.2. The maximum Gasteiger partial charge on any atom is 0.224 e. The second-order valence-corrected chi connectivity index (χ2v) is 8.91. The topological polar surface area (TPSA) is 99.6 Å². The van der Waals surface area contributed by atoms with Gasteiger partial charge >= 0.3 is 0 Å². The monoisotopic (exact) mass is 475 g/mol. The summed E-state index contributed by atoms with van der Waals surface area (Å²) in [6, 6.07) is 18.4. The van der Waals surface area contributed by atoms with Crippen LogP contribution >= 0.6 is 0 Å². The molecule has 0 aliphatic rings. The number of nitrogens with zero attached hydrogens (tertiary/aromatic N) is 2. The van der Waals surface area contributed by atoms with Gasteiger partial charge in [-0.15, -0.1) is 0 Å². The number of unbranched alkanes of at least 4 members (excludes halogenated alkanes) is 1. The number of hydrogen-bond donors (Lipinski definition) is 3. The molecule has 36 heavy (non-hydrogen) atoms. The van der Waals surface area contributed by atoms with Gasteiger partial charge in [0.05, 0.1) is 35.6 Å². The van der Waals surface area contributed by atoms with Gasteiger partial charge in [-0.2, -0.15) is 5.10 Å². The molecule has 0 unspecified atom stereocenters. The molecule has 0 fully saturated rings. The Morgan fingerprint density at radius 2 is 1.92 bits per heavy atom. The molecule has 0 saturated carbocycles. The number of benzene rings is 2. The van der Waals surface area contributed by atoms with Crippen molar-refractivity contribution >= 4 is 33.4 Å². The average molecular weight is 476 g/mol. The van der Waals surface area contributed by atoms with Gasteiger partial charge in [0.2, 0.25) is 5.91 Å². The minimum absolute atomic E-state index is 0.0111. The summed E-state index contributed by atoms with van der Waals surface area (Å²) in [4.78, 5) is 20.1. The molecule has 2 aromatic carbocycles. The molecule has 178 valence electrons. The van der Waals surface area contributed by atoms with Crippen LogP contribution in [0.25, 0.3) is 55.4 Å². The van der Waals surface area contributed by atoms with Crippen LogP contribution in [-0.4, -0.2) is 26.1 Å². The molecule has 6 rings (SSSR count). The second-order valence-electron chi connectivity index (χ2n) is 8.91. The first-order valence-corrected chi connectivity index (χ1v) is 12.1. The van der Waals surface area contributed by atoms with E-state index in [1.807, 2.05) is 36.5 Å². The van der Waals surface area contributed by atoms with Gasteiger partial charge in [0.25, 0.3) is 0 Å². The van der Waals surface area contributed by atoms with E-state index in [0.717, 1.165) is 68.3 Å². The molecule has 0 atom stereocenters. The van der Waals surface area contributed by atoms with Gasteiger partial charge in [-0.3, -0.25) is 14.9 Å². The lowest BCUT2D eigenvalue weighted by Crippen LogP contribution is -2.11. The summed E-state index contributed by atoms with van der Waals surface area (Å²) >= 11 is 0. The Morgan fingerprint density at radius 1 is 0.972 bits per heavy atom. The van der Waals surface area contributed by atoms with E-state index >= 15 is 0 Å². The third-order valence-corrected chi connectivity index (χ3v) is 6.43. The van der Waals surface area contributed by atoms with Crippen molar-refractivity contribution in [3.8, 4) is 33.6 Å². The van der Waals surface area contributed by atoms with E-state index in [2.05, 4.69) is 56.7 Å². The van der Waals surface area contributed by atoms with Crippen LogP contribution < -0.4 is 5.32 Å². The van der Waals surface area contributed by atoms with Crippen molar-refractivity contribution in [2.45, 2.75) is 26.2 Å². The van der Waals surface area contributed by atoms with Crippen LogP contribution in [0.2, 0.25) is 0 Å².